The number of hydrogen-bond donors (Lipinski definition) is 2. The first-order valence-electron chi connectivity index (χ1n) is 7.96. The van der Waals surface area contributed by atoms with Crippen molar-refractivity contribution in [2.45, 2.75) is 46.1 Å². The minimum Gasteiger partial charge on any atom is -0.377 e. The van der Waals surface area contributed by atoms with E-state index in [9.17, 15) is 18.0 Å². The van der Waals surface area contributed by atoms with Gasteiger partial charge in [0.05, 0.1) is 19.2 Å². The third kappa shape index (κ3) is 7.79. The predicted octanol–water partition coefficient (Wildman–Crippen LogP) is 3.02. The molecule has 0 heterocycles. The molecule has 0 saturated carbocycles. The second-order valence-corrected chi connectivity index (χ2v) is 5.89. The number of nitrogens with one attached hydrogen (secondary N) is 2. The van der Waals surface area contributed by atoms with Crippen LogP contribution >= 0.6 is 0 Å². The lowest BCUT2D eigenvalue weighted by Crippen LogP contribution is -2.49. The van der Waals surface area contributed by atoms with Gasteiger partial charge < -0.3 is 10.1 Å². The smallest absolute Gasteiger partial charge is 0.377 e. The molecular formula is C17H25F3N2O2. The summed E-state index contributed by atoms with van der Waals surface area (Å²) >= 11 is 0. The maximum absolute atomic E-state index is 12.3. The molecule has 0 aromatic heterocycles. The number of rotatable bonds is 9. The zero-order valence-electron chi connectivity index (χ0n) is 14.2. The molecule has 0 fully saturated rings. The number of carbonyl (C=O) groups is 1. The van der Waals surface area contributed by atoms with Gasteiger partial charge in [-0.25, -0.2) is 0 Å². The Morgan fingerprint density at radius 2 is 1.75 bits per heavy atom. The highest BCUT2D eigenvalue weighted by atomic mass is 19.4. The van der Waals surface area contributed by atoms with Gasteiger partial charge in [-0.1, -0.05) is 38.1 Å². The van der Waals surface area contributed by atoms with Crippen LogP contribution in [-0.4, -0.2) is 31.3 Å². The molecule has 1 atom stereocenters. The molecule has 0 aliphatic carbocycles. The number of alkyl halides is 3. The molecule has 0 radical (unpaired) electrons. The van der Waals surface area contributed by atoms with Crippen LogP contribution in [0.3, 0.4) is 0 Å². The summed E-state index contributed by atoms with van der Waals surface area (Å²) in [5.74, 6) is -0.687. The Morgan fingerprint density at radius 3 is 2.25 bits per heavy atom. The first-order chi connectivity index (χ1) is 11.2. The highest BCUT2D eigenvalue weighted by Crippen LogP contribution is 2.14. The second kappa shape index (κ2) is 9.64. The van der Waals surface area contributed by atoms with Gasteiger partial charge in [0.25, 0.3) is 0 Å². The van der Waals surface area contributed by atoms with Crippen LogP contribution in [0.15, 0.2) is 24.3 Å². The van der Waals surface area contributed by atoms with Gasteiger partial charge in [0.1, 0.15) is 0 Å². The molecule has 0 saturated heterocycles. The Hall–Kier alpha value is -1.60. The number of benzene rings is 1. The molecule has 0 aliphatic rings. The van der Waals surface area contributed by atoms with Crippen molar-refractivity contribution >= 4 is 5.91 Å². The molecule has 0 unspecified atom stereocenters. The molecule has 1 aromatic rings. The maximum Gasteiger partial charge on any atom is 0.401 e. The molecule has 0 spiro atoms. The molecule has 1 rings (SSSR count). The van der Waals surface area contributed by atoms with Crippen molar-refractivity contribution in [2.75, 3.05) is 13.2 Å². The van der Waals surface area contributed by atoms with Crippen LogP contribution in [-0.2, 0) is 22.7 Å². The van der Waals surface area contributed by atoms with E-state index in [1.807, 2.05) is 31.2 Å². The lowest BCUT2D eigenvalue weighted by molar-refractivity contribution is -0.133. The van der Waals surface area contributed by atoms with Crippen molar-refractivity contribution in [3.8, 4) is 0 Å². The van der Waals surface area contributed by atoms with Crippen LogP contribution in [0.5, 0.6) is 0 Å². The van der Waals surface area contributed by atoms with Gasteiger partial charge in [0, 0.05) is 13.2 Å². The second-order valence-electron chi connectivity index (χ2n) is 5.89. The molecule has 1 amide bonds. The highest BCUT2D eigenvalue weighted by Gasteiger charge is 2.31. The zero-order chi connectivity index (χ0) is 18.2. The van der Waals surface area contributed by atoms with E-state index in [2.05, 4.69) is 10.6 Å². The van der Waals surface area contributed by atoms with E-state index in [1.165, 1.54) is 0 Å². The monoisotopic (exact) mass is 346 g/mol. The van der Waals surface area contributed by atoms with Crippen LogP contribution in [0.4, 0.5) is 13.2 Å². The molecule has 4 nitrogen and oxygen atoms in total. The standard InChI is InChI=1S/C17H25F3N2O2/c1-4-24-10-14-7-5-13(6-8-14)9-21-16(23)15(12(2)3)22-11-17(18,19)20/h5-8,12,15,22H,4,9-11H2,1-3H3,(H,21,23)/t15-/m0/s1. The number of ether oxygens (including phenoxy) is 1. The number of halogens is 3. The predicted molar refractivity (Wildman–Crippen MR) is 86.3 cm³/mol. The first-order valence-corrected chi connectivity index (χ1v) is 7.96. The van der Waals surface area contributed by atoms with E-state index in [0.717, 1.165) is 11.1 Å². The van der Waals surface area contributed by atoms with Crippen LogP contribution in [0.2, 0.25) is 0 Å². The molecule has 136 valence electrons. The van der Waals surface area contributed by atoms with Crippen molar-refractivity contribution in [1.29, 1.82) is 0 Å². The summed E-state index contributed by atoms with van der Waals surface area (Å²) in [6.45, 7) is 5.58. The third-order valence-corrected chi connectivity index (χ3v) is 3.43. The molecule has 24 heavy (non-hydrogen) atoms. The lowest BCUT2D eigenvalue weighted by Gasteiger charge is -2.22. The van der Waals surface area contributed by atoms with Crippen molar-refractivity contribution in [2.24, 2.45) is 5.92 Å². The summed E-state index contributed by atoms with van der Waals surface area (Å²) in [4.78, 5) is 12.1. The van der Waals surface area contributed by atoms with E-state index in [1.54, 1.807) is 13.8 Å². The minimum atomic E-state index is -4.34. The van der Waals surface area contributed by atoms with Crippen LogP contribution in [0, 0.1) is 5.92 Å². The third-order valence-electron chi connectivity index (χ3n) is 3.43. The summed E-state index contributed by atoms with van der Waals surface area (Å²) in [5, 5.41) is 4.95. The largest absolute Gasteiger partial charge is 0.401 e. The minimum absolute atomic E-state index is 0.249. The van der Waals surface area contributed by atoms with Crippen molar-refractivity contribution < 1.29 is 22.7 Å². The van der Waals surface area contributed by atoms with Gasteiger partial charge >= 0.3 is 6.18 Å². The summed E-state index contributed by atoms with van der Waals surface area (Å²) < 4.78 is 42.2. The molecule has 0 bridgehead atoms. The van der Waals surface area contributed by atoms with Crippen molar-refractivity contribution in [3.63, 3.8) is 0 Å². The van der Waals surface area contributed by atoms with E-state index in [-0.39, 0.29) is 12.5 Å². The topological polar surface area (TPSA) is 50.4 Å². The molecular weight excluding hydrogens is 321 g/mol. The summed E-state index contributed by atoms with van der Waals surface area (Å²) in [6, 6.07) is 6.64. The van der Waals surface area contributed by atoms with E-state index >= 15 is 0 Å². The molecule has 2 N–H and O–H groups in total. The Bertz CT molecular complexity index is 502. The van der Waals surface area contributed by atoms with E-state index < -0.39 is 24.7 Å². The van der Waals surface area contributed by atoms with Crippen LogP contribution in [0.25, 0.3) is 0 Å². The van der Waals surface area contributed by atoms with Crippen LogP contribution < -0.4 is 10.6 Å². The number of amides is 1. The van der Waals surface area contributed by atoms with Crippen molar-refractivity contribution in [3.05, 3.63) is 35.4 Å². The zero-order valence-corrected chi connectivity index (χ0v) is 14.2. The SMILES string of the molecule is CCOCc1ccc(CNC(=O)[C@@H](NCC(F)(F)F)C(C)C)cc1. The van der Waals surface area contributed by atoms with Crippen LogP contribution in [0.1, 0.15) is 31.9 Å². The van der Waals surface area contributed by atoms with Gasteiger partial charge in [0.2, 0.25) is 5.91 Å². The fraction of sp³-hybridized carbons (Fsp3) is 0.588. The summed E-state index contributed by atoms with van der Waals surface area (Å²) in [6.07, 6.45) is -4.34. The Balaban J connectivity index is 2.52. The first kappa shape index (κ1) is 20.4. The number of hydrogen-bond acceptors (Lipinski definition) is 3. The van der Waals surface area contributed by atoms with Gasteiger partial charge in [-0.15, -0.1) is 0 Å². The van der Waals surface area contributed by atoms with Gasteiger partial charge in [-0.3, -0.25) is 10.1 Å². The van der Waals surface area contributed by atoms with Gasteiger partial charge in [-0.2, -0.15) is 13.2 Å². The Kier molecular flexibility index (Phi) is 8.21. The Morgan fingerprint density at radius 1 is 1.17 bits per heavy atom. The van der Waals surface area contributed by atoms with Gasteiger partial charge in [0.15, 0.2) is 0 Å². The fourth-order valence-corrected chi connectivity index (χ4v) is 2.13. The normalized spacial score (nSPS) is 13.1. The molecule has 1 aromatic carbocycles. The Labute approximate surface area is 140 Å². The summed E-state index contributed by atoms with van der Waals surface area (Å²) in [7, 11) is 0. The average Bonchev–Trinajstić information content (AvgIpc) is 2.50. The average molecular weight is 346 g/mol. The number of carbonyl (C=O) groups excluding carboxylic acids is 1. The fourth-order valence-electron chi connectivity index (χ4n) is 2.13. The molecule has 7 heteroatoms. The lowest BCUT2D eigenvalue weighted by atomic mass is 10.0. The van der Waals surface area contributed by atoms with E-state index in [4.69, 9.17) is 4.74 Å². The quantitative estimate of drug-likeness (QED) is 0.723. The van der Waals surface area contributed by atoms with Crippen molar-refractivity contribution in [1.82, 2.24) is 10.6 Å². The highest BCUT2D eigenvalue weighted by molar-refractivity contribution is 5.82. The molecule has 0 aliphatic heterocycles. The van der Waals surface area contributed by atoms with Gasteiger partial charge in [-0.05, 0) is 24.0 Å². The van der Waals surface area contributed by atoms with E-state index in [0.29, 0.717) is 13.2 Å². The summed E-state index contributed by atoms with van der Waals surface area (Å²) in [5.41, 5.74) is 1.90. The maximum atomic E-state index is 12.3.